The molecule has 1 aromatic heterocycles. The number of nitrogens with zero attached hydrogens (tertiary/aromatic N) is 5. The van der Waals surface area contributed by atoms with Crippen LogP contribution in [0, 0.1) is 10.1 Å². The van der Waals surface area contributed by atoms with Crippen LogP contribution >= 0.6 is 0 Å². The third kappa shape index (κ3) is 2.64. The van der Waals surface area contributed by atoms with E-state index in [9.17, 15) is 10.1 Å². The van der Waals surface area contributed by atoms with Crippen molar-refractivity contribution >= 4 is 17.5 Å². The fourth-order valence-electron chi connectivity index (χ4n) is 2.43. The minimum Gasteiger partial charge on any atom is -0.357 e. The van der Waals surface area contributed by atoms with Gasteiger partial charge in [0, 0.05) is 32.2 Å². The first-order chi connectivity index (χ1) is 9.43. The topological polar surface area (TPSA) is 87.4 Å². The van der Waals surface area contributed by atoms with E-state index in [4.69, 9.17) is 0 Å². The van der Waals surface area contributed by atoms with Crippen molar-refractivity contribution in [2.24, 2.45) is 0 Å². The number of piperazine rings is 1. The number of aromatic nitrogens is 2. The molecule has 1 N–H and O–H groups in total. The maximum Gasteiger partial charge on any atom is 0.329 e. The summed E-state index contributed by atoms with van der Waals surface area (Å²) in [4.78, 5) is 23.2. The van der Waals surface area contributed by atoms with Crippen molar-refractivity contribution in [3.63, 3.8) is 0 Å². The van der Waals surface area contributed by atoms with Crippen molar-refractivity contribution in [3.8, 4) is 0 Å². The van der Waals surface area contributed by atoms with Gasteiger partial charge < -0.3 is 10.2 Å². The van der Waals surface area contributed by atoms with Gasteiger partial charge in [-0.3, -0.25) is 15.0 Å². The van der Waals surface area contributed by atoms with Gasteiger partial charge in [0.05, 0.1) is 4.92 Å². The summed E-state index contributed by atoms with van der Waals surface area (Å²) >= 11 is 0. The zero-order valence-electron chi connectivity index (χ0n) is 12.2. The van der Waals surface area contributed by atoms with Gasteiger partial charge in [-0.1, -0.05) is 0 Å². The van der Waals surface area contributed by atoms with Crippen LogP contribution in [0.15, 0.2) is 6.20 Å². The van der Waals surface area contributed by atoms with Crippen molar-refractivity contribution in [1.29, 1.82) is 0 Å². The van der Waals surface area contributed by atoms with E-state index in [1.54, 1.807) is 7.05 Å². The number of nitro groups is 1. The number of likely N-dealkylation sites (N-methyl/N-ethyl adjacent to an activating group) is 1. The van der Waals surface area contributed by atoms with E-state index in [1.165, 1.54) is 6.20 Å². The standard InChI is InChI=1S/C12H20N6O2/c1-8-6-17(7-9(2)16(8)4)11-10(18(19)20)5-14-12(13-3)15-11/h5,8-9H,6-7H2,1-4H3,(H,13,14,15). The van der Waals surface area contributed by atoms with E-state index in [-0.39, 0.29) is 5.69 Å². The number of anilines is 2. The summed E-state index contributed by atoms with van der Waals surface area (Å²) in [5, 5.41) is 14.0. The summed E-state index contributed by atoms with van der Waals surface area (Å²) in [5.74, 6) is 0.783. The fraction of sp³-hybridized carbons (Fsp3) is 0.667. The molecule has 20 heavy (non-hydrogen) atoms. The van der Waals surface area contributed by atoms with Crippen LogP contribution in [0.4, 0.5) is 17.5 Å². The van der Waals surface area contributed by atoms with Crippen molar-refractivity contribution in [2.75, 3.05) is 37.4 Å². The number of hydrogen-bond acceptors (Lipinski definition) is 7. The molecule has 2 heterocycles. The Hall–Kier alpha value is -1.96. The van der Waals surface area contributed by atoms with Gasteiger partial charge in [0.2, 0.25) is 11.8 Å². The van der Waals surface area contributed by atoms with Crippen molar-refractivity contribution in [1.82, 2.24) is 14.9 Å². The van der Waals surface area contributed by atoms with Gasteiger partial charge in [-0.15, -0.1) is 0 Å². The average molecular weight is 280 g/mol. The maximum absolute atomic E-state index is 11.2. The molecule has 0 aliphatic carbocycles. The summed E-state index contributed by atoms with van der Waals surface area (Å²) in [5.41, 5.74) is -0.0482. The molecule has 8 heteroatoms. The number of hydrogen-bond donors (Lipinski definition) is 1. The average Bonchev–Trinajstić information content (AvgIpc) is 2.43. The normalized spacial score (nSPS) is 23.7. The largest absolute Gasteiger partial charge is 0.357 e. The van der Waals surface area contributed by atoms with Gasteiger partial charge in [0.15, 0.2) is 0 Å². The lowest BCUT2D eigenvalue weighted by Gasteiger charge is -2.42. The molecule has 2 rings (SSSR count). The zero-order valence-corrected chi connectivity index (χ0v) is 12.2. The van der Waals surface area contributed by atoms with Gasteiger partial charge in [-0.05, 0) is 20.9 Å². The Bertz CT molecular complexity index is 497. The fourth-order valence-corrected chi connectivity index (χ4v) is 2.43. The molecular formula is C12H20N6O2. The third-order valence-electron chi connectivity index (χ3n) is 3.83. The highest BCUT2D eigenvalue weighted by Gasteiger charge is 2.31. The Morgan fingerprint density at radius 3 is 2.50 bits per heavy atom. The predicted molar refractivity (Wildman–Crippen MR) is 77.1 cm³/mol. The minimum atomic E-state index is -0.428. The lowest BCUT2D eigenvalue weighted by atomic mass is 10.1. The lowest BCUT2D eigenvalue weighted by molar-refractivity contribution is -0.384. The predicted octanol–water partition coefficient (Wildman–Crippen LogP) is 0.955. The molecule has 0 bridgehead atoms. The highest BCUT2D eigenvalue weighted by molar-refractivity contribution is 5.59. The monoisotopic (exact) mass is 280 g/mol. The first kappa shape index (κ1) is 14.4. The van der Waals surface area contributed by atoms with Gasteiger partial charge >= 0.3 is 5.69 Å². The van der Waals surface area contributed by atoms with Crippen LogP contribution < -0.4 is 10.2 Å². The number of nitrogens with one attached hydrogen (secondary N) is 1. The van der Waals surface area contributed by atoms with E-state index in [0.717, 1.165) is 0 Å². The molecule has 2 atom stereocenters. The quantitative estimate of drug-likeness (QED) is 0.651. The summed E-state index contributed by atoms with van der Waals surface area (Å²) in [7, 11) is 3.76. The smallest absolute Gasteiger partial charge is 0.329 e. The molecule has 1 aliphatic rings. The van der Waals surface area contributed by atoms with E-state index < -0.39 is 4.92 Å². The Kier molecular flexibility index (Phi) is 4.03. The zero-order chi connectivity index (χ0) is 14.9. The SMILES string of the molecule is CNc1ncc([N+](=O)[O-])c(N2CC(C)N(C)C(C)C2)n1. The molecule has 1 aliphatic heterocycles. The molecule has 1 aromatic rings. The van der Waals surface area contributed by atoms with E-state index in [2.05, 4.69) is 41.1 Å². The second-order valence-electron chi connectivity index (χ2n) is 5.18. The molecule has 0 spiro atoms. The second kappa shape index (κ2) is 5.58. The first-order valence-corrected chi connectivity index (χ1v) is 6.60. The highest BCUT2D eigenvalue weighted by Crippen LogP contribution is 2.29. The highest BCUT2D eigenvalue weighted by atomic mass is 16.6. The van der Waals surface area contributed by atoms with Gasteiger partial charge in [0.25, 0.3) is 0 Å². The van der Waals surface area contributed by atoms with Crippen LogP contribution in [0.2, 0.25) is 0 Å². The van der Waals surface area contributed by atoms with Crippen molar-refractivity contribution < 1.29 is 4.92 Å². The van der Waals surface area contributed by atoms with E-state index in [0.29, 0.717) is 36.9 Å². The van der Waals surface area contributed by atoms with Crippen LogP contribution in [0.3, 0.4) is 0 Å². The molecular weight excluding hydrogens is 260 g/mol. The summed E-state index contributed by atoms with van der Waals surface area (Å²) in [6.07, 6.45) is 1.27. The van der Waals surface area contributed by atoms with Crippen LogP contribution in [-0.2, 0) is 0 Å². The molecule has 110 valence electrons. The van der Waals surface area contributed by atoms with Crippen molar-refractivity contribution in [2.45, 2.75) is 25.9 Å². The van der Waals surface area contributed by atoms with Crippen LogP contribution in [0.5, 0.6) is 0 Å². The molecule has 0 saturated carbocycles. The van der Waals surface area contributed by atoms with E-state index in [1.807, 2.05) is 4.90 Å². The molecule has 2 unspecified atom stereocenters. The van der Waals surface area contributed by atoms with Crippen LogP contribution in [0.1, 0.15) is 13.8 Å². The minimum absolute atomic E-state index is 0.0482. The summed E-state index contributed by atoms with van der Waals surface area (Å²) in [6.45, 7) is 5.63. The van der Waals surface area contributed by atoms with Crippen molar-refractivity contribution in [3.05, 3.63) is 16.3 Å². The molecule has 0 aromatic carbocycles. The molecule has 1 fully saturated rings. The van der Waals surface area contributed by atoms with Gasteiger partial charge in [0.1, 0.15) is 6.20 Å². The molecule has 0 amide bonds. The molecule has 0 radical (unpaired) electrons. The molecule has 8 nitrogen and oxygen atoms in total. The lowest BCUT2D eigenvalue weighted by Crippen LogP contribution is -2.55. The van der Waals surface area contributed by atoms with E-state index >= 15 is 0 Å². The Morgan fingerprint density at radius 1 is 1.40 bits per heavy atom. The van der Waals surface area contributed by atoms with Crippen LogP contribution in [0.25, 0.3) is 0 Å². The summed E-state index contributed by atoms with van der Waals surface area (Å²) < 4.78 is 0. The Labute approximate surface area is 118 Å². The molecule has 1 saturated heterocycles. The second-order valence-corrected chi connectivity index (χ2v) is 5.18. The number of rotatable bonds is 3. The Morgan fingerprint density at radius 2 is 2.00 bits per heavy atom. The first-order valence-electron chi connectivity index (χ1n) is 6.60. The van der Waals surface area contributed by atoms with Crippen LogP contribution in [-0.4, -0.2) is 59.1 Å². The summed E-state index contributed by atoms with van der Waals surface area (Å²) in [6, 6.07) is 0.623. The Balaban J connectivity index is 2.37. The van der Waals surface area contributed by atoms with Gasteiger partial charge in [-0.25, -0.2) is 4.98 Å². The van der Waals surface area contributed by atoms with Gasteiger partial charge in [-0.2, -0.15) is 4.98 Å². The third-order valence-corrected chi connectivity index (χ3v) is 3.83. The maximum atomic E-state index is 11.2.